The van der Waals surface area contributed by atoms with Gasteiger partial charge in [-0.1, -0.05) is 34.8 Å². The molecule has 0 fully saturated rings. The molecular weight excluding hydrogens is 401 g/mol. The molecule has 0 aliphatic carbocycles. The molecule has 7 nitrogen and oxygen atoms in total. The number of thiocarbonyl (C=S) groups is 1. The Bertz CT molecular complexity index is 439. The van der Waals surface area contributed by atoms with Gasteiger partial charge in [0.05, 0.1) is 0 Å². The van der Waals surface area contributed by atoms with Crippen LogP contribution in [0, 0.1) is 0 Å². The van der Waals surface area contributed by atoms with Crippen LogP contribution < -0.4 is 16.0 Å². The minimum absolute atomic E-state index is 0.101. The van der Waals surface area contributed by atoms with E-state index in [4.69, 9.17) is 51.8 Å². The Morgan fingerprint density at radius 3 is 2.04 bits per heavy atom. The van der Waals surface area contributed by atoms with Gasteiger partial charge in [0, 0.05) is 13.1 Å². The van der Waals surface area contributed by atoms with Crippen LogP contribution in [-0.2, 0) is 9.47 Å². The number of alkyl carbamates (subject to hydrolysis) is 2. The summed E-state index contributed by atoms with van der Waals surface area (Å²) in [6.07, 6.45) is 0.169. The van der Waals surface area contributed by atoms with Gasteiger partial charge in [0.25, 0.3) is 0 Å². The number of amides is 2. The highest BCUT2D eigenvalue weighted by atomic mass is 35.6. The van der Waals surface area contributed by atoms with Gasteiger partial charge in [-0.05, 0) is 45.8 Å². The number of alkyl halides is 3. The Hall–Kier alpha value is -0.700. The summed E-state index contributed by atoms with van der Waals surface area (Å²) in [5, 5.41) is 7.84. The monoisotopic (exact) mass is 421 g/mol. The van der Waals surface area contributed by atoms with Crippen molar-refractivity contribution in [3.8, 4) is 0 Å². The van der Waals surface area contributed by atoms with E-state index >= 15 is 0 Å². The standard InChI is InChI=1S/C13H22Cl3N3O4S/c1-12(2,3)23-10(20)18-7-5-4-6-17-9(24)19-11(21)22-8-13(14,15)16/h4-8H2,1-3H3,(H,18,20)(H2,17,19,21,24). The van der Waals surface area contributed by atoms with Crippen LogP contribution in [0.2, 0.25) is 0 Å². The van der Waals surface area contributed by atoms with E-state index in [1.54, 1.807) is 20.8 Å². The Labute approximate surface area is 162 Å². The Morgan fingerprint density at radius 1 is 1.00 bits per heavy atom. The smallest absolute Gasteiger partial charge is 0.413 e. The average Bonchev–Trinajstić information content (AvgIpc) is 2.37. The molecule has 0 unspecified atom stereocenters. The first-order chi connectivity index (χ1) is 10.9. The van der Waals surface area contributed by atoms with Crippen LogP contribution in [0.3, 0.4) is 0 Å². The quantitative estimate of drug-likeness (QED) is 0.346. The van der Waals surface area contributed by atoms with E-state index in [1.807, 2.05) is 0 Å². The highest BCUT2D eigenvalue weighted by Crippen LogP contribution is 2.25. The second-order valence-electron chi connectivity index (χ2n) is 5.71. The predicted octanol–water partition coefficient (Wildman–Crippen LogP) is 3.26. The molecule has 0 atom stereocenters. The normalized spacial score (nSPS) is 11.4. The van der Waals surface area contributed by atoms with E-state index in [9.17, 15) is 9.59 Å². The Morgan fingerprint density at radius 2 is 1.54 bits per heavy atom. The van der Waals surface area contributed by atoms with Crippen LogP contribution in [0.5, 0.6) is 0 Å². The molecule has 0 saturated heterocycles. The van der Waals surface area contributed by atoms with Crippen molar-refractivity contribution < 1.29 is 19.1 Å². The third kappa shape index (κ3) is 16.2. The number of hydrogen-bond acceptors (Lipinski definition) is 5. The first kappa shape index (κ1) is 23.3. The van der Waals surface area contributed by atoms with Crippen LogP contribution in [-0.4, -0.2) is 46.4 Å². The molecule has 0 aromatic carbocycles. The minimum Gasteiger partial charge on any atom is -0.445 e. The second kappa shape index (κ2) is 11.0. The number of ether oxygens (including phenoxy) is 2. The average molecular weight is 423 g/mol. The minimum atomic E-state index is -1.67. The van der Waals surface area contributed by atoms with Crippen molar-refractivity contribution in [3.05, 3.63) is 0 Å². The molecule has 0 spiro atoms. The molecule has 11 heteroatoms. The molecule has 140 valence electrons. The van der Waals surface area contributed by atoms with Crippen molar-refractivity contribution in [2.45, 2.75) is 43.0 Å². The molecule has 0 radical (unpaired) electrons. The zero-order chi connectivity index (χ0) is 18.8. The first-order valence-corrected chi connectivity index (χ1v) is 8.68. The highest BCUT2D eigenvalue weighted by molar-refractivity contribution is 7.80. The van der Waals surface area contributed by atoms with Gasteiger partial charge in [0.1, 0.15) is 12.2 Å². The van der Waals surface area contributed by atoms with Gasteiger partial charge in [-0.3, -0.25) is 5.32 Å². The Kier molecular flexibility index (Phi) is 10.7. The van der Waals surface area contributed by atoms with Gasteiger partial charge in [-0.15, -0.1) is 0 Å². The van der Waals surface area contributed by atoms with Gasteiger partial charge >= 0.3 is 12.2 Å². The summed E-state index contributed by atoms with van der Waals surface area (Å²) in [5.74, 6) is 0. The number of halogens is 3. The van der Waals surface area contributed by atoms with E-state index < -0.39 is 21.6 Å². The first-order valence-electron chi connectivity index (χ1n) is 7.14. The van der Waals surface area contributed by atoms with Crippen molar-refractivity contribution in [1.29, 1.82) is 0 Å². The summed E-state index contributed by atoms with van der Waals surface area (Å²) in [4.78, 5) is 22.7. The van der Waals surface area contributed by atoms with Gasteiger partial charge < -0.3 is 20.1 Å². The molecule has 0 aliphatic rings. The van der Waals surface area contributed by atoms with Crippen LogP contribution in [0.4, 0.5) is 9.59 Å². The van der Waals surface area contributed by atoms with Crippen LogP contribution >= 0.6 is 47.0 Å². The van der Waals surface area contributed by atoms with E-state index in [2.05, 4.69) is 20.7 Å². The zero-order valence-electron chi connectivity index (χ0n) is 13.7. The van der Waals surface area contributed by atoms with Gasteiger partial charge in [-0.2, -0.15) is 0 Å². The second-order valence-corrected chi connectivity index (χ2v) is 8.63. The molecule has 2 amide bonds. The summed E-state index contributed by atoms with van der Waals surface area (Å²) >= 11 is 21.2. The SMILES string of the molecule is CC(C)(C)OC(=O)NCCCCNC(=S)NC(=O)OCC(Cl)(Cl)Cl. The molecule has 0 rings (SSSR count). The summed E-state index contributed by atoms with van der Waals surface area (Å²) in [6.45, 7) is 5.98. The van der Waals surface area contributed by atoms with Crippen molar-refractivity contribution in [2.75, 3.05) is 19.7 Å². The van der Waals surface area contributed by atoms with E-state index in [0.29, 0.717) is 19.5 Å². The summed E-state index contributed by atoms with van der Waals surface area (Å²) in [6, 6.07) is 0. The number of rotatable bonds is 6. The van der Waals surface area contributed by atoms with Crippen molar-refractivity contribution in [3.63, 3.8) is 0 Å². The fourth-order valence-electron chi connectivity index (χ4n) is 1.28. The zero-order valence-corrected chi connectivity index (χ0v) is 16.8. The van der Waals surface area contributed by atoms with Gasteiger partial charge in [0.2, 0.25) is 3.79 Å². The lowest BCUT2D eigenvalue weighted by molar-refractivity contribution is 0.0527. The lowest BCUT2D eigenvalue weighted by Crippen LogP contribution is -2.40. The third-order valence-electron chi connectivity index (χ3n) is 2.14. The lowest BCUT2D eigenvalue weighted by atomic mass is 10.2. The fourth-order valence-corrected chi connectivity index (χ4v) is 1.63. The maximum Gasteiger partial charge on any atom is 0.413 e. The molecule has 0 aliphatic heterocycles. The summed E-state index contributed by atoms with van der Waals surface area (Å²) in [7, 11) is 0. The van der Waals surface area contributed by atoms with Crippen LogP contribution in [0.1, 0.15) is 33.6 Å². The molecule has 0 saturated carbocycles. The van der Waals surface area contributed by atoms with Crippen molar-refractivity contribution in [2.24, 2.45) is 0 Å². The van der Waals surface area contributed by atoms with E-state index in [1.165, 1.54) is 0 Å². The Balaban J connectivity index is 3.66. The number of unbranched alkanes of at least 4 members (excludes halogenated alkanes) is 1. The number of carbonyl (C=O) groups is 2. The maximum atomic E-state index is 11.4. The fraction of sp³-hybridized carbons (Fsp3) is 0.769. The molecule has 3 N–H and O–H groups in total. The predicted molar refractivity (Wildman–Crippen MR) is 98.8 cm³/mol. The summed E-state index contributed by atoms with van der Waals surface area (Å²) in [5.41, 5.74) is -0.520. The number of carbonyl (C=O) groups excluding carboxylic acids is 2. The molecular formula is C13H22Cl3N3O4S. The summed E-state index contributed by atoms with van der Waals surface area (Å²) < 4.78 is 8.08. The molecule has 0 aromatic rings. The number of nitrogens with one attached hydrogen (secondary N) is 3. The molecule has 0 aromatic heterocycles. The topological polar surface area (TPSA) is 88.7 Å². The molecule has 0 bridgehead atoms. The third-order valence-corrected chi connectivity index (χ3v) is 2.71. The van der Waals surface area contributed by atoms with Crippen LogP contribution in [0.25, 0.3) is 0 Å². The van der Waals surface area contributed by atoms with E-state index in [0.717, 1.165) is 6.42 Å². The maximum absolute atomic E-state index is 11.4. The highest BCUT2D eigenvalue weighted by Gasteiger charge is 2.22. The van der Waals surface area contributed by atoms with Crippen LogP contribution in [0.15, 0.2) is 0 Å². The van der Waals surface area contributed by atoms with Gasteiger partial charge in [0.15, 0.2) is 5.11 Å². The lowest BCUT2D eigenvalue weighted by Gasteiger charge is -2.19. The van der Waals surface area contributed by atoms with E-state index in [-0.39, 0.29) is 11.7 Å². The molecule has 24 heavy (non-hydrogen) atoms. The largest absolute Gasteiger partial charge is 0.445 e. The van der Waals surface area contributed by atoms with Crippen molar-refractivity contribution in [1.82, 2.24) is 16.0 Å². The number of hydrogen-bond donors (Lipinski definition) is 3. The molecule has 0 heterocycles. The van der Waals surface area contributed by atoms with Crippen molar-refractivity contribution >= 4 is 64.3 Å². The van der Waals surface area contributed by atoms with Gasteiger partial charge in [-0.25, -0.2) is 9.59 Å².